The molecule has 0 aromatic rings. The van der Waals surface area contributed by atoms with Crippen molar-refractivity contribution < 1.29 is 28.7 Å². The minimum atomic E-state index is -1.18. The first-order valence-corrected chi connectivity index (χ1v) is 13.3. The monoisotopic (exact) mass is 544 g/mol. The Kier molecular flexibility index (Phi) is 9.65. The van der Waals surface area contributed by atoms with E-state index in [0.717, 1.165) is 0 Å². The molecule has 0 bridgehead atoms. The van der Waals surface area contributed by atoms with Crippen LogP contribution in [-0.4, -0.2) is 71.3 Å². The zero-order chi connectivity index (χ0) is 29.9. The number of Topliss-reactive ketones (excluding diaryl/α,β-unsaturated/α-hetero) is 1. The van der Waals surface area contributed by atoms with Crippen LogP contribution in [0.5, 0.6) is 0 Å². The van der Waals surface area contributed by atoms with Crippen LogP contribution in [0.25, 0.3) is 0 Å². The van der Waals surface area contributed by atoms with Gasteiger partial charge < -0.3 is 25.6 Å². The molecule has 0 spiro atoms. The molecule has 39 heavy (non-hydrogen) atoms. The summed E-state index contributed by atoms with van der Waals surface area (Å²) in [6.07, 6.45) is 0.667. The van der Waals surface area contributed by atoms with Crippen LogP contribution in [0.1, 0.15) is 68.7 Å². The standard InChI is InChI=1S/C29H44N4O6/c1-11-13-14-18(21(34)24(36)30-15-12-2)31-23(35)20-19-17(29(19,9)10)16-33(20)25(37)22(27(3,4)5)32-26(38)39-28(6,7)8/h12,17-20,22H,2,14-16H2,1,3-10H3,(H,30,36)(H,31,35)(H,32,38)/t17?,18-,19?,20+,22-/m1/s1. The molecule has 4 amide bonds. The Morgan fingerprint density at radius 1 is 1.10 bits per heavy atom. The van der Waals surface area contributed by atoms with Gasteiger partial charge in [0.05, 0.1) is 0 Å². The highest BCUT2D eigenvalue weighted by molar-refractivity contribution is 6.38. The number of rotatable bonds is 9. The summed E-state index contributed by atoms with van der Waals surface area (Å²) < 4.78 is 5.39. The molecule has 2 aliphatic rings. The third-order valence-corrected chi connectivity index (χ3v) is 7.28. The van der Waals surface area contributed by atoms with Gasteiger partial charge in [0.25, 0.3) is 5.91 Å². The smallest absolute Gasteiger partial charge is 0.408 e. The Bertz CT molecular complexity index is 1070. The van der Waals surface area contributed by atoms with Gasteiger partial charge in [0.1, 0.15) is 23.7 Å². The quantitative estimate of drug-likeness (QED) is 0.231. The maximum absolute atomic E-state index is 13.9. The number of nitrogens with one attached hydrogen (secondary N) is 3. The SMILES string of the molecule is C=CCNC(=O)C(=O)[C@@H](CC#CC)NC(=O)[C@@H]1C2C(CN1C(=O)[C@@H](NC(=O)OC(C)(C)C)C(C)(C)C)C2(C)C. The number of alkyl carbamates (subject to hydrolysis) is 1. The van der Waals surface area contributed by atoms with Crippen molar-refractivity contribution in [3.05, 3.63) is 12.7 Å². The molecule has 0 radical (unpaired) electrons. The van der Waals surface area contributed by atoms with E-state index in [-0.39, 0.29) is 30.2 Å². The van der Waals surface area contributed by atoms with Gasteiger partial charge in [-0.3, -0.25) is 19.2 Å². The van der Waals surface area contributed by atoms with Gasteiger partial charge in [0, 0.05) is 19.5 Å². The summed E-state index contributed by atoms with van der Waals surface area (Å²) in [6, 6.07) is -3.01. The second-order valence-corrected chi connectivity index (χ2v) is 12.9. The molecule has 216 valence electrons. The van der Waals surface area contributed by atoms with E-state index in [1.54, 1.807) is 27.7 Å². The number of amides is 4. The van der Waals surface area contributed by atoms with E-state index in [0.29, 0.717) is 6.54 Å². The molecular weight excluding hydrogens is 500 g/mol. The normalized spacial score (nSPS) is 22.7. The van der Waals surface area contributed by atoms with Gasteiger partial charge in [0.2, 0.25) is 17.6 Å². The number of carbonyl (C=O) groups excluding carboxylic acids is 5. The number of fused-ring (bicyclic) bond motifs is 1. The van der Waals surface area contributed by atoms with Crippen molar-refractivity contribution in [2.75, 3.05) is 13.1 Å². The molecular formula is C29H44N4O6. The molecule has 10 nitrogen and oxygen atoms in total. The first-order chi connectivity index (χ1) is 17.9. The molecule has 1 aliphatic heterocycles. The number of hydrogen-bond donors (Lipinski definition) is 3. The van der Waals surface area contributed by atoms with E-state index in [2.05, 4.69) is 34.4 Å². The highest BCUT2D eigenvalue weighted by Crippen LogP contribution is 2.65. The molecule has 3 N–H and O–H groups in total. The van der Waals surface area contributed by atoms with Crippen LogP contribution in [0.15, 0.2) is 12.7 Å². The van der Waals surface area contributed by atoms with Crippen molar-refractivity contribution in [1.29, 1.82) is 0 Å². The van der Waals surface area contributed by atoms with Gasteiger partial charge in [-0.05, 0) is 50.4 Å². The summed E-state index contributed by atoms with van der Waals surface area (Å²) in [5, 5.41) is 7.83. The molecule has 0 aromatic carbocycles. The summed E-state index contributed by atoms with van der Waals surface area (Å²) in [6.45, 7) is 20.3. The topological polar surface area (TPSA) is 134 Å². The van der Waals surface area contributed by atoms with Gasteiger partial charge >= 0.3 is 6.09 Å². The van der Waals surface area contributed by atoms with Crippen LogP contribution in [0.4, 0.5) is 4.79 Å². The number of carbonyl (C=O) groups is 5. The minimum Gasteiger partial charge on any atom is -0.444 e. The van der Waals surface area contributed by atoms with E-state index in [4.69, 9.17) is 4.74 Å². The number of ketones is 1. The first kappa shape index (κ1) is 31.9. The zero-order valence-electron chi connectivity index (χ0n) is 24.7. The maximum atomic E-state index is 13.9. The van der Waals surface area contributed by atoms with Crippen molar-refractivity contribution in [3.8, 4) is 11.8 Å². The van der Waals surface area contributed by atoms with E-state index in [1.165, 1.54) is 11.0 Å². The largest absolute Gasteiger partial charge is 0.444 e. The van der Waals surface area contributed by atoms with Gasteiger partial charge in [-0.1, -0.05) is 40.7 Å². The summed E-state index contributed by atoms with van der Waals surface area (Å²) in [5.74, 6) is 2.78. The van der Waals surface area contributed by atoms with Crippen molar-refractivity contribution in [2.45, 2.75) is 92.5 Å². The molecule has 2 unspecified atom stereocenters. The van der Waals surface area contributed by atoms with Gasteiger partial charge in [-0.25, -0.2) is 4.79 Å². The van der Waals surface area contributed by atoms with Gasteiger partial charge in [-0.15, -0.1) is 18.4 Å². The molecule has 1 heterocycles. The van der Waals surface area contributed by atoms with Crippen LogP contribution < -0.4 is 16.0 Å². The fourth-order valence-electron chi connectivity index (χ4n) is 5.13. The van der Waals surface area contributed by atoms with Crippen molar-refractivity contribution >= 4 is 29.6 Å². The predicted octanol–water partition coefficient (Wildman–Crippen LogP) is 2.18. The summed E-state index contributed by atoms with van der Waals surface area (Å²) in [5.41, 5.74) is -1.62. The molecule has 5 atom stereocenters. The second-order valence-electron chi connectivity index (χ2n) is 12.9. The molecule has 1 saturated carbocycles. The molecule has 0 aromatic heterocycles. The lowest BCUT2D eigenvalue weighted by Crippen LogP contribution is -2.60. The molecule has 1 saturated heterocycles. The van der Waals surface area contributed by atoms with Crippen LogP contribution in [0.3, 0.4) is 0 Å². The molecule has 2 fully saturated rings. The van der Waals surface area contributed by atoms with Crippen LogP contribution in [0.2, 0.25) is 0 Å². The fourth-order valence-corrected chi connectivity index (χ4v) is 5.13. The van der Waals surface area contributed by atoms with E-state index < -0.39 is 58.7 Å². The number of likely N-dealkylation sites (tertiary alicyclic amines) is 1. The number of piperidine rings is 1. The predicted molar refractivity (Wildman–Crippen MR) is 147 cm³/mol. The Morgan fingerprint density at radius 3 is 2.23 bits per heavy atom. The van der Waals surface area contributed by atoms with Crippen LogP contribution in [-0.2, 0) is 23.9 Å². The highest BCUT2D eigenvalue weighted by atomic mass is 16.6. The Morgan fingerprint density at radius 2 is 1.72 bits per heavy atom. The first-order valence-electron chi connectivity index (χ1n) is 13.3. The van der Waals surface area contributed by atoms with Crippen molar-refractivity contribution in [3.63, 3.8) is 0 Å². The minimum absolute atomic E-state index is 0.0500. The number of hydrogen-bond acceptors (Lipinski definition) is 6. The molecule has 10 heteroatoms. The Balaban J connectivity index is 2.33. The summed E-state index contributed by atoms with van der Waals surface area (Å²) >= 11 is 0. The third-order valence-electron chi connectivity index (χ3n) is 7.28. The lowest BCUT2D eigenvalue weighted by atomic mass is 9.85. The average Bonchev–Trinajstić information content (AvgIpc) is 3.14. The van der Waals surface area contributed by atoms with E-state index in [9.17, 15) is 24.0 Å². The van der Waals surface area contributed by atoms with Crippen molar-refractivity contribution in [1.82, 2.24) is 20.9 Å². The van der Waals surface area contributed by atoms with Crippen LogP contribution >= 0.6 is 0 Å². The number of ether oxygens (including phenoxy) is 1. The maximum Gasteiger partial charge on any atom is 0.408 e. The highest BCUT2D eigenvalue weighted by Gasteiger charge is 2.70. The summed E-state index contributed by atoms with van der Waals surface area (Å²) in [7, 11) is 0. The van der Waals surface area contributed by atoms with E-state index >= 15 is 0 Å². The zero-order valence-corrected chi connectivity index (χ0v) is 24.7. The molecule has 1 aliphatic carbocycles. The lowest BCUT2D eigenvalue weighted by Gasteiger charge is -2.38. The number of nitrogens with zero attached hydrogens (tertiary/aromatic N) is 1. The third kappa shape index (κ3) is 7.61. The Labute approximate surface area is 232 Å². The average molecular weight is 545 g/mol. The lowest BCUT2D eigenvalue weighted by molar-refractivity contribution is -0.145. The summed E-state index contributed by atoms with van der Waals surface area (Å²) in [4.78, 5) is 66.9. The van der Waals surface area contributed by atoms with Gasteiger partial charge in [0.15, 0.2) is 0 Å². The van der Waals surface area contributed by atoms with Crippen LogP contribution in [0, 0.1) is 34.5 Å². The Hall–Kier alpha value is -3.35. The van der Waals surface area contributed by atoms with Crippen molar-refractivity contribution in [2.24, 2.45) is 22.7 Å². The second kappa shape index (κ2) is 11.8. The van der Waals surface area contributed by atoms with Gasteiger partial charge in [-0.2, -0.15) is 0 Å². The fraction of sp³-hybridized carbons (Fsp3) is 0.690. The molecule has 2 rings (SSSR count). The van der Waals surface area contributed by atoms with E-state index in [1.807, 2.05) is 34.6 Å².